The molecule has 1 unspecified atom stereocenters. The van der Waals surface area contributed by atoms with Crippen LogP contribution in [0.4, 0.5) is 8.78 Å². The maximum atomic E-state index is 13.2. The largest absolute Gasteiger partial charge is 0.297 e. The summed E-state index contributed by atoms with van der Waals surface area (Å²) in [5.41, 5.74) is 0.699. The third-order valence-corrected chi connectivity index (χ3v) is 6.20. The van der Waals surface area contributed by atoms with E-state index in [1.54, 1.807) is 6.07 Å². The van der Waals surface area contributed by atoms with Crippen LogP contribution in [0, 0.1) is 11.6 Å². The van der Waals surface area contributed by atoms with Crippen molar-refractivity contribution in [2.45, 2.75) is 43.5 Å². The Kier molecular flexibility index (Phi) is 4.47. The van der Waals surface area contributed by atoms with Crippen LogP contribution in [0.1, 0.15) is 31.2 Å². The van der Waals surface area contributed by atoms with Crippen LogP contribution >= 0.6 is 0 Å². The third-order valence-electron chi connectivity index (χ3n) is 4.19. The number of likely N-dealkylation sites (tertiary alicyclic amines) is 1. The molecule has 0 amide bonds. The number of sulfonamides is 1. The average Bonchev–Trinajstić information content (AvgIpc) is 3.28. The smallest absolute Gasteiger partial charge is 0.214 e. The van der Waals surface area contributed by atoms with Gasteiger partial charge in [-0.2, -0.15) is 0 Å². The van der Waals surface area contributed by atoms with Crippen molar-refractivity contribution < 1.29 is 17.2 Å². The molecule has 0 bridgehead atoms. The normalized spacial score (nSPS) is 23.6. The zero-order valence-electron chi connectivity index (χ0n) is 12.3. The monoisotopic (exact) mass is 330 g/mol. The van der Waals surface area contributed by atoms with Gasteiger partial charge < -0.3 is 0 Å². The Hall–Kier alpha value is -1.05. The molecule has 1 heterocycles. The molecular weight excluding hydrogens is 310 g/mol. The predicted molar refractivity (Wildman–Crippen MR) is 79.7 cm³/mol. The summed E-state index contributed by atoms with van der Waals surface area (Å²) in [6.45, 7) is 1.93. The van der Waals surface area contributed by atoms with Gasteiger partial charge in [0, 0.05) is 19.1 Å². The second kappa shape index (κ2) is 6.22. The van der Waals surface area contributed by atoms with Crippen molar-refractivity contribution >= 4 is 10.0 Å². The predicted octanol–water partition coefficient (Wildman–Crippen LogP) is 2.01. The number of piperidine rings is 1. The molecule has 1 aliphatic carbocycles. The van der Waals surface area contributed by atoms with E-state index in [1.165, 1.54) is 6.07 Å². The zero-order chi connectivity index (χ0) is 15.7. The lowest BCUT2D eigenvalue weighted by molar-refractivity contribution is 0.194. The van der Waals surface area contributed by atoms with Crippen LogP contribution in [0.2, 0.25) is 0 Å². The molecule has 0 radical (unpaired) electrons. The second-order valence-electron chi connectivity index (χ2n) is 6.18. The molecular formula is C15H20F2N2O2S. The quantitative estimate of drug-likeness (QED) is 0.898. The minimum Gasteiger partial charge on any atom is -0.297 e. The summed E-state index contributed by atoms with van der Waals surface area (Å²) in [4.78, 5) is 2.08. The molecule has 122 valence electrons. The van der Waals surface area contributed by atoms with E-state index in [0.717, 1.165) is 38.3 Å². The summed E-state index contributed by atoms with van der Waals surface area (Å²) < 4.78 is 52.9. The van der Waals surface area contributed by atoms with E-state index in [4.69, 9.17) is 0 Å². The highest BCUT2D eigenvalue weighted by Gasteiger charge is 2.37. The highest BCUT2D eigenvalue weighted by molar-refractivity contribution is 7.90. The van der Waals surface area contributed by atoms with E-state index < -0.39 is 21.7 Å². The molecule has 1 saturated carbocycles. The van der Waals surface area contributed by atoms with E-state index in [1.807, 2.05) is 0 Å². The van der Waals surface area contributed by atoms with Gasteiger partial charge >= 0.3 is 0 Å². The van der Waals surface area contributed by atoms with Gasteiger partial charge in [-0.15, -0.1) is 0 Å². The van der Waals surface area contributed by atoms with Crippen LogP contribution in [-0.2, 0) is 16.6 Å². The van der Waals surface area contributed by atoms with Crippen LogP contribution in [0.3, 0.4) is 0 Å². The van der Waals surface area contributed by atoms with Gasteiger partial charge in [0.15, 0.2) is 11.6 Å². The molecule has 4 nitrogen and oxygen atoms in total. The number of hydrogen-bond donors (Lipinski definition) is 1. The Balaban J connectivity index is 1.59. The average molecular weight is 330 g/mol. The van der Waals surface area contributed by atoms with Gasteiger partial charge in [-0.05, 0) is 49.9 Å². The van der Waals surface area contributed by atoms with Crippen LogP contribution < -0.4 is 4.72 Å². The summed E-state index contributed by atoms with van der Waals surface area (Å²) in [6.07, 6.45) is 3.21. The lowest BCUT2D eigenvalue weighted by Gasteiger charge is -2.33. The summed E-state index contributed by atoms with van der Waals surface area (Å²) in [5.74, 6) is -1.70. The Morgan fingerprint density at radius 1 is 1.18 bits per heavy atom. The highest BCUT2D eigenvalue weighted by atomic mass is 32.2. The molecule has 1 saturated heterocycles. The van der Waals surface area contributed by atoms with Crippen LogP contribution in [0.25, 0.3) is 0 Å². The van der Waals surface area contributed by atoms with E-state index in [2.05, 4.69) is 9.62 Å². The Bertz CT molecular complexity index is 647. The topological polar surface area (TPSA) is 49.4 Å². The van der Waals surface area contributed by atoms with Crippen LogP contribution in [0.5, 0.6) is 0 Å². The first kappa shape index (κ1) is 15.8. The zero-order valence-corrected chi connectivity index (χ0v) is 13.1. The van der Waals surface area contributed by atoms with Crippen molar-refractivity contribution in [3.05, 3.63) is 35.4 Å². The second-order valence-corrected chi connectivity index (χ2v) is 8.18. The lowest BCUT2D eigenvalue weighted by atomic mass is 10.1. The summed E-state index contributed by atoms with van der Waals surface area (Å²) >= 11 is 0. The van der Waals surface area contributed by atoms with E-state index in [-0.39, 0.29) is 11.3 Å². The van der Waals surface area contributed by atoms with Gasteiger partial charge in [0.25, 0.3) is 0 Å². The standard InChI is InChI=1S/C15H20F2N2O2S/c16-14-6-3-11(8-15(14)17)9-19-7-1-2-12(10-19)18-22(20,21)13-4-5-13/h3,6,8,12-13,18H,1-2,4-5,7,9-10H2. The third kappa shape index (κ3) is 3.83. The van der Waals surface area contributed by atoms with Crippen molar-refractivity contribution in [3.63, 3.8) is 0 Å². The molecule has 22 heavy (non-hydrogen) atoms. The molecule has 2 fully saturated rings. The first-order chi connectivity index (χ1) is 10.4. The molecule has 0 spiro atoms. The molecule has 2 aliphatic rings. The lowest BCUT2D eigenvalue weighted by Crippen LogP contribution is -2.48. The van der Waals surface area contributed by atoms with Crippen LogP contribution in [0.15, 0.2) is 18.2 Å². The van der Waals surface area contributed by atoms with Gasteiger partial charge in [-0.25, -0.2) is 21.9 Å². The Morgan fingerprint density at radius 2 is 1.95 bits per heavy atom. The summed E-state index contributed by atoms with van der Waals surface area (Å²) in [5, 5.41) is -0.214. The van der Waals surface area contributed by atoms with Gasteiger partial charge in [-0.1, -0.05) is 6.07 Å². The SMILES string of the molecule is O=S(=O)(NC1CCCN(Cc2ccc(F)c(F)c2)C1)C1CC1. The molecule has 0 aromatic heterocycles. The Labute approximate surface area is 129 Å². The van der Waals surface area contributed by atoms with Crippen molar-refractivity contribution in [3.8, 4) is 0 Å². The van der Waals surface area contributed by atoms with Gasteiger partial charge in [0.05, 0.1) is 5.25 Å². The number of hydrogen-bond acceptors (Lipinski definition) is 3. The fourth-order valence-electron chi connectivity index (χ4n) is 2.90. The summed E-state index contributed by atoms with van der Waals surface area (Å²) in [7, 11) is -3.18. The van der Waals surface area contributed by atoms with Gasteiger partial charge in [0.1, 0.15) is 0 Å². The number of benzene rings is 1. The molecule has 1 aromatic rings. The fraction of sp³-hybridized carbons (Fsp3) is 0.600. The van der Waals surface area contributed by atoms with Gasteiger partial charge in [0.2, 0.25) is 10.0 Å². The minimum absolute atomic E-state index is 0.0929. The van der Waals surface area contributed by atoms with E-state index in [9.17, 15) is 17.2 Å². The minimum atomic E-state index is -3.18. The van der Waals surface area contributed by atoms with Crippen molar-refractivity contribution in [1.29, 1.82) is 0 Å². The molecule has 7 heteroatoms. The van der Waals surface area contributed by atoms with Crippen molar-refractivity contribution in [1.82, 2.24) is 9.62 Å². The fourth-order valence-corrected chi connectivity index (χ4v) is 4.50. The first-order valence-corrected chi connectivity index (χ1v) is 9.16. The number of rotatable bonds is 5. The van der Waals surface area contributed by atoms with Gasteiger partial charge in [-0.3, -0.25) is 4.90 Å². The van der Waals surface area contributed by atoms with Crippen molar-refractivity contribution in [2.75, 3.05) is 13.1 Å². The van der Waals surface area contributed by atoms with E-state index in [0.29, 0.717) is 18.7 Å². The Morgan fingerprint density at radius 3 is 2.64 bits per heavy atom. The molecule has 1 atom stereocenters. The maximum absolute atomic E-state index is 13.2. The van der Waals surface area contributed by atoms with E-state index >= 15 is 0 Å². The number of nitrogens with one attached hydrogen (secondary N) is 1. The maximum Gasteiger partial charge on any atom is 0.214 e. The van der Waals surface area contributed by atoms with Crippen molar-refractivity contribution in [2.24, 2.45) is 0 Å². The summed E-state index contributed by atoms with van der Waals surface area (Å²) in [6, 6.07) is 3.80. The first-order valence-electron chi connectivity index (χ1n) is 7.61. The molecule has 1 N–H and O–H groups in total. The highest BCUT2D eigenvalue weighted by Crippen LogP contribution is 2.28. The molecule has 1 aromatic carbocycles. The molecule has 1 aliphatic heterocycles. The number of halogens is 2. The molecule has 3 rings (SSSR count). The number of nitrogens with zero attached hydrogens (tertiary/aromatic N) is 1. The van der Waals surface area contributed by atoms with Crippen LogP contribution in [-0.4, -0.2) is 37.7 Å².